The van der Waals surface area contributed by atoms with Crippen LogP contribution in [0.3, 0.4) is 0 Å². The van der Waals surface area contributed by atoms with Crippen LogP contribution in [0.25, 0.3) is 11.4 Å². The predicted octanol–water partition coefficient (Wildman–Crippen LogP) is 3.76. The third-order valence-corrected chi connectivity index (χ3v) is 5.40. The molecule has 2 aromatic heterocycles. The average molecular weight is 396 g/mol. The maximum absolute atomic E-state index is 13.7. The van der Waals surface area contributed by atoms with Crippen LogP contribution in [-0.2, 0) is 17.6 Å². The van der Waals surface area contributed by atoms with Gasteiger partial charge in [-0.15, -0.1) is 10.2 Å². The third kappa shape index (κ3) is 3.14. The van der Waals surface area contributed by atoms with Crippen LogP contribution < -0.4 is 4.90 Å². The van der Waals surface area contributed by atoms with Crippen LogP contribution in [0.2, 0.25) is 0 Å². The minimum atomic E-state index is -0.623. The molecular formula is C23H20N6O. The van der Waals surface area contributed by atoms with Gasteiger partial charge in [0.05, 0.1) is 11.4 Å². The number of carbonyl (C=O) groups excluding carboxylic acids is 1. The van der Waals surface area contributed by atoms with Crippen LogP contribution in [0, 0.1) is 0 Å². The van der Waals surface area contributed by atoms with E-state index in [1.165, 1.54) is 4.80 Å². The van der Waals surface area contributed by atoms with E-state index in [4.69, 9.17) is 0 Å². The number of pyridine rings is 1. The summed E-state index contributed by atoms with van der Waals surface area (Å²) in [4.78, 5) is 21.0. The summed E-state index contributed by atoms with van der Waals surface area (Å²) in [7, 11) is 0. The molecule has 5 rings (SSSR count). The number of amides is 1. The van der Waals surface area contributed by atoms with E-state index in [0.29, 0.717) is 5.82 Å². The molecule has 148 valence electrons. The molecule has 4 aromatic rings. The standard InChI is InChI=1S/C23H20N6O/c1-16(29-26-22(25-27-29)19-9-6-14-24-15-19)23(30)28-20-10-4-2-7-17(20)12-13-18-8-3-5-11-21(18)28/h2-11,14-16H,12-13H2,1H3/t16-/m0/s1. The van der Waals surface area contributed by atoms with Gasteiger partial charge in [-0.05, 0) is 60.4 Å². The Labute approximate surface area is 174 Å². The Morgan fingerprint density at radius 1 is 0.933 bits per heavy atom. The largest absolute Gasteiger partial charge is 0.279 e. The highest BCUT2D eigenvalue weighted by Crippen LogP contribution is 2.37. The second-order valence-electron chi connectivity index (χ2n) is 7.28. The first-order valence-electron chi connectivity index (χ1n) is 9.92. The quantitative estimate of drug-likeness (QED) is 0.527. The Balaban J connectivity index is 1.54. The number of anilines is 2. The topological polar surface area (TPSA) is 76.8 Å². The van der Waals surface area contributed by atoms with E-state index in [-0.39, 0.29) is 5.91 Å². The molecule has 0 N–H and O–H groups in total. The second-order valence-corrected chi connectivity index (χ2v) is 7.28. The number of tetrazole rings is 1. The van der Waals surface area contributed by atoms with Gasteiger partial charge in [0.15, 0.2) is 0 Å². The van der Waals surface area contributed by atoms with Crippen LogP contribution in [0.5, 0.6) is 0 Å². The maximum Gasteiger partial charge on any atom is 0.258 e. The van der Waals surface area contributed by atoms with Crippen molar-refractivity contribution in [2.45, 2.75) is 25.8 Å². The van der Waals surface area contributed by atoms with E-state index in [2.05, 4.69) is 32.5 Å². The number of nitrogens with zero attached hydrogens (tertiary/aromatic N) is 6. The molecule has 2 aromatic carbocycles. The monoisotopic (exact) mass is 396 g/mol. The van der Waals surface area contributed by atoms with Gasteiger partial charge in [0.25, 0.3) is 5.91 Å². The van der Waals surface area contributed by atoms with Gasteiger partial charge in [-0.1, -0.05) is 36.4 Å². The number of hydrogen-bond acceptors (Lipinski definition) is 5. The third-order valence-electron chi connectivity index (χ3n) is 5.40. The van der Waals surface area contributed by atoms with Gasteiger partial charge in [-0.25, -0.2) is 0 Å². The molecule has 7 heteroatoms. The van der Waals surface area contributed by atoms with Gasteiger partial charge in [0.1, 0.15) is 6.04 Å². The lowest BCUT2D eigenvalue weighted by atomic mass is 10.0. The van der Waals surface area contributed by atoms with Gasteiger partial charge in [0.2, 0.25) is 5.82 Å². The molecule has 0 saturated carbocycles. The van der Waals surface area contributed by atoms with Crippen molar-refractivity contribution < 1.29 is 4.79 Å². The van der Waals surface area contributed by atoms with E-state index in [0.717, 1.165) is 40.9 Å². The molecule has 0 bridgehead atoms. The summed E-state index contributed by atoms with van der Waals surface area (Å²) in [6.07, 6.45) is 5.14. The SMILES string of the molecule is C[C@@H](C(=O)N1c2ccccc2CCc2ccccc21)n1nnc(-c2cccnc2)n1. The lowest BCUT2D eigenvalue weighted by Crippen LogP contribution is -2.34. The molecule has 7 nitrogen and oxygen atoms in total. The molecule has 0 radical (unpaired) electrons. The number of fused-ring (bicyclic) bond motifs is 2. The summed E-state index contributed by atoms with van der Waals surface area (Å²) in [6, 6.07) is 19.2. The fourth-order valence-corrected chi connectivity index (χ4v) is 3.80. The van der Waals surface area contributed by atoms with Crippen molar-refractivity contribution in [3.63, 3.8) is 0 Å². The Kier molecular flexibility index (Phi) is 4.55. The number of aromatic nitrogens is 5. The molecule has 0 unspecified atom stereocenters. The normalized spacial score (nSPS) is 13.8. The summed E-state index contributed by atoms with van der Waals surface area (Å²) < 4.78 is 0. The Bertz CT molecular complexity index is 1160. The molecule has 1 amide bonds. The van der Waals surface area contributed by atoms with E-state index < -0.39 is 6.04 Å². The number of para-hydroxylation sites is 2. The van der Waals surface area contributed by atoms with Gasteiger partial charge < -0.3 is 0 Å². The van der Waals surface area contributed by atoms with E-state index in [1.54, 1.807) is 24.2 Å². The van der Waals surface area contributed by atoms with Crippen molar-refractivity contribution in [2.24, 2.45) is 0 Å². The summed E-state index contributed by atoms with van der Waals surface area (Å²) in [6.45, 7) is 1.80. The smallest absolute Gasteiger partial charge is 0.258 e. The van der Waals surface area contributed by atoms with Crippen LogP contribution in [0.4, 0.5) is 11.4 Å². The molecule has 1 atom stereocenters. The molecule has 0 saturated heterocycles. The van der Waals surface area contributed by atoms with E-state index in [1.807, 2.05) is 48.5 Å². The second kappa shape index (κ2) is 7.51. The van der Waals surface area contributed by atoms with Crippen molar-refractivity contribution in [3.8, 4) is 11.4 Å². The maximum atomic E-state index is 13.7. The molecule has 0 spiro atoms. The number of rotatable bonds is 3. The minimum Gasteiger partial charge on any atom is -0.279 e. The summed E-state index contributed by atoms with van der Waals surface area (Å²) >= 11 is 0. The number of benzene rings is 2. The molecule has 1 aliphatic heterocycles. The number of hydrogen-bond donors (Lipinski definition) is 0. The van der Waals surface area contributed by atoms with Crippen LogP contribution in [0.1, 0.15) is 24.1 Å². The molecule has 0 aliphatic carbocycles. The van der Waals surface area contributed by atoms with Crippen molar-refractivity contribution >= 4 is 17.3 Å². The van der Waals surface area contributed by atoms with Gasteiger partial charge in [-0.3, -0.25) is 14.7 Å². The lowest BCUT2D eigenvalue weighted by Gasteiger charge is -2.27. The van der Waals surface area contributed by atoms with Crippen LogP contribution >= 0.6 is 0 Å². The van der Waals surface area contributed by atoms with Gasteiger partial charge in [-0.2, -0.15) is 4.80 Å². The molecule has 3 heterocycles. The lowest BCUT2D eigenvalue weighted by molar-refractivity contribution is -0.121. The zero-order valence-electron chi connectivity index (χ0n) is 16.5. The highest BCUT2D eigenvalue weighted by Gasteiger charge is 2.30. The summed E-state index contributed by atoms with van der Waals surface area (Å²) in [5, 5.41) is 12.7. The minimum absolute atomic E-state index is 0.105. The fraction of sp³-hybridized carbons (Fsp3) is 0.174. The van der Waals surface area contributed by atoms with Crippen molar-refractivity contribution in [1.29, 1.82) is 0 Å². The zero-order chi connectivity index (χ0) is 20.5. The number of aryl methyl sites for hydroxylation is 2. The molecule has 1 aliphatic rings. The van der Waals surface area contributed by atoms with E-state index >= 15 is 0 Å². The highest BCUT2D eigenvalue weighted by atomic mass is 16.2. The summed E-state index contributed by atoms with van der Waals surface area (Å²) in [5.41, 5.74) is 4.88. The first-order chi connectivity index (χ1) is 14.7. The van der Waals surface area contributed by atoms with E-state index in [9.17, 15) is 4.79 Å². The molecular weight excluding hydrogens is 376 g/mol. The summed E-state index contributed by atoms with van der Waals surface area (Å²) in [5.74, 6) is 0.339. The van der Waals surface area contributed by atoms with Crippen LogP contribution in [-0.4, -0.2) is 31.1 Å². The number of carbonyl (C=O) groups is 1. The Morgan fingerprint density at radius 3 is 2.23 bits per heavy atom. The van der Waals surface area contributed by atoms with Gasteiger partial charge >= 0.3 is 0 Å². The first-order valence-corrected chi connectivity index (χ1v) is 9.92. The zero-order valence-corrected chi connectivity index (χ0v) is 16.5. The Morgan fingerprint density at radius 2 is 1.60 bits per heavy atom. The highest BCUT2D eigenvalue weighted by molar-refractivity contribution is 6.04. The average Bonchev–Trinajstić information content (AvgIpc) is 3.23. The van der Waals surface area contributed by atoms with Crippen molar-refractivity contribution in [3.05, 3.63) is 84.2 Å². The predicted molar refractivity (Wildman–Crippen MR) is 113 cm³/mol. The molecule has 30 heavy (non-hydrogen) atoms. The van der Waals surface area contributed by atoms with Crippen molar-refractivity contribution in [1.82, 2.24) is 25.2 Å². The van der Waals surface area contributed by atoms with Crippen LogP contribution in [0.15, 0.2) is 73.1 Å². The fourth-order valence-electron chi connectivity index (χ4n) is 3.80. The Hall–Kier alpha value is -3.87. The first kappa shape index (κ1) is 18.2. The van der Waals surface area contributed by atoms with Crippen molar-refractivity contribution in [2.75, 3.05) is 4.90 Å². The van der Waals surface area contributed by atoms with Gasteiger partial charge in [0, 0.05) is 18.0 Å². The molecule has 0 fully saturated rings.